The zero-order valence-corrected chi connectivity index (χ0v) is 24.0. The zero-order valence-electron chi connectivity index (χ0n) is 20.7. The van der Waals surface area contributed by atoms with Crippen LogP contribution in [0.2, 0.25) is 0 Å². The maximum atomic E-state index is 10.9. The lowest BCUT2D eigenvalue weighted by atomic mass is 9.96. The van der Waals surface area contributed by atoms with Crippen molar-refractivity contribution in [3.05, 3.63) is 34.6 Å². The van der Waals surface area contributed by atoms with Crippen molar-refractivity contribution in [1.29, 1.82) is 0 Å². The number of rotatable bonds is 5. The molecular weight excluding hydrogens is 523 g/mol. The lowest BCUT2D eigenvalue weighted by molar-refractivity contribution is 0.151. The standard InChI is InChI=1S/C26H36N4OS.3ClH/c1-19-24(31)22-12-7-6-11-21(22)23-25(19)32-26(27-20-9-4-3-5-10-20)30(23)14-8-13-29-17-15-28(2)16-18-29;;;/h6-7,11-12,20,31H,3-5,8-10,13-18H2,1-2H3;3*1H. The fourth-order valence-electron chi connectivity index (χ4n) is 5.33. The largest absolute Gasteiger partial charge is 0.507 e. The number of thiazole rings is 1. The third kappa shape index (κ3) is 6.46. The number of aryl methyl sites for hydroxylation is 2. The van der Waals surface area contributed by atoms with Gasteiger partial charge in [0.25, 0.3) is 0 Å². The summed E-state index contributed by atoms with van der Waals surface area (Å²) in [6.45, 7) is 8.84. The zero-order chi connectivity index (χ0) is 22.1. The highest BCUT2D eigenvalue weighted by atomic mass is 35.5. The molecule has 9 heteroatoms. The summed E-state index contributed by atoms with van der Waals surface area (Å²) in [5.74, 6) is 0.420. The first-order valence-corrected chi connectivity index (χ1v) is 13.1. The molecule has 1 aromatic heterocycles. The van der Waals surface area contributed by atoms with Gasteiger partial charge in [-0.3, -0.25) is 4.99 Å². The molecule has 35 heavy (non-hydrogen) atoms. The van der Waals surface area contributed by atoms with Crippen molar-refractivity contribution in [3.63, 3.8) is 0 Å². The van der Waals surface area contributed by atoms with Crippen molar-refractivity contribution in [2.75, 3.05) is 39.8 Å². The first-order valence-electron chi connectivity index (χ1n) is 12.3. The van der Waals surface area contributed by atoms with E-state index in [-0.39, 0.29) is 37.2 Å². The lowest BCUT2D eigenvalue weighted by Gasteiger charge is -2.32. The number of benzene rings is 2. The molecule has 1 saturated heterocycles. The normalized spacial score (nSPS) is 18.3. The van der Waals surface area contributed by atoms with Gasteiger partial charge in [0, 0.05) is 49.1 Å². The number of hydrogen-bond donors (Lipinski definition) is 1. The smallest absolute Gasteiger partial charge is 0.186 e. The Kier molecular flexibility index (Phi) is 11.7. The summed E-state index contributed by atoms with van der Waals surface area (Å²) in [6.07, 6.45) is 7.49. The summed E-state index contributed by atoms with van der Waals surface area (Å²) in [6, 6.07) is 8.75. The molecule has 0 radical (unpaired) electrons. The van der Waals surface area contributed by atoms with Crippen LogP contribution in [0, 0.1) is 6.92 Å². The highest BCUT2D eigenvalue weighted by Crippen LogP contribution is 2.38. The van der Waals surface area contributed by atoms with Gasteiger partial charge >= 0.3 is 0 Å². The van der Waals surface area contributed by atoms with E-state index in [0.717, 1.165) is 40.6 Å². The molecule has 1 saturated carbocycles. The number of fused-ring (bicyclic) bond motifs is 3. The second-order valence-electron chi connectivity index (χ2n) is 9.65. The van der Waals surface area contributed by atoms with E-state index in [1.54, 1.807) is 11.3 Å². The first-order chi connectivity index (χ1) is 15.6. The van der Waals surface area contributed by atoms with E-state index in [9.17, 15) is 5.11 Å². The number of hydrogen-bond acceptors (Lipinski definition) is 5. The number of aromatic nitrogens is 1. The van der Waals surface area contributed by atoms with Crippen molar-refractivity contribution < 1.29 is 5.11 Å². The highest BCUT2D eigenvalue weighted by molar-refractivity contribution is 7.16. The van der Waals surface area contributed by atoms with Gasteiger partial charge in [-0.1, -0.05) is 54.9 Å². The summed E-state index contributed by atoms with van der Waals surface area (Å²) in [7, 11) is 2.21. The summed E-state index contributed by atoms with van der Waals surface area (Å²) >= 11 is 1.78. The first kappa shape index (κ1) is 30.2. The van der Waals surface area contributed by atoms with E-state index in [1.807, 2.05) is 12.1 Å². The Morgan fingerprint density at radius 1 is 0.943 bits per heavy atom. The Balaban J connectivity index is 0.00000144. The van der Waals surface area contributed by atoms with Gasteiger partial charge < -0.3 is 19.5 Å². The van der Waals surface area contributed by atoms with E-state index >= 15 is 0 Å². The van der Waals surface area contributed by atoms with Crippen molar-refractivity contribution in [1.82, 2.24) is 14.4 Å². The molecule has 0 bridgehead atoms. The molecule has 5 nitrogen and oxygen atoms in total. The quantitative estimate of drug-likeness (QED) is 0.415. The van der Waals surface area contributed by atoms with Crippen LogP contribution < -0.4 is 4.80 Å². The molecule has 0 spiro atoms. The van der Waals surface area contributed by atoms with Crippen LogP contribution in [0.5, 0.6) is 5.75 Å². The molecule has 2 heterocycles. The molecule has 0 amide bonds. The molecule has 196 valence electrons. The fourth-order valence-corrected chi connectivity index (χ4v) is 6.58. The van der Waals surface area contributed by atoms with Crippen LogP contribution in [-0.4, -0.2) is 65.3 Å². The van der Waals surface area contributed by atoms with E-state index in [1.165, 1.54) is 68.5 Å². The lowest BCUT2D eigenvalue weighted by Crippen LogP contribution is -2.44. The van der Waals surface area contributed by atoms with Crippen molar-refractivity contribution in [2.45, 2.75) is 58.0 Å². The minimum Gasteiger partial charge on any atom is -0.507 e. The minimum atomic E-state index is 0. The Labute approximate surface area is 231 Å². The molecule has 5 rings (SSSR count). The summed E-state index contributed by atoms with van der Waals surface area (Å²) in [5.41, 5.74) is 2.25. The Hall–Kier alpha value is -1.02. The van der Waals surface area contributed by atoms with E-state index < -0.39 is 0 Å². The average molecular weight is 562 g/mol. The number of phenols is 1. The molecule has 0 unspecified atom stereocenters. The van der Waals surface area contributed by atoms with Crippen molar-refractivity contribution in [2.24, 2.45) is 4.99 Å². The maximum Gasteiger partial charge on any atom is 0.186 e. The van der Waals surface area contributed by atoms with E-state index in [0.29, 0.717) is 11.8 Å². The van der Waals surface area contributed by atoms with Gasteiger partial charge in [-0.25, -0.2) is 0 Å². The molecular formula is C26H39Cl3N4OS. The van der Waals surface area contributed by atoms with Crippen LogP contribution in [0.1, 0.15) is 44.1 Å². The van der Waals surface area contributed by atoms with Gasteiger partial charge in [-0.2, -0.15) is 0 Å². The predicted molar refractivity (Wildman–Crippen MR) is 156 cm³/mol. The van der Waals surface area contributed by atoms with Gasteiger partial charge in [-0.05, 0) is 39.8 Å². The van der Waals surface area contributed by atoms with Gasteiger partial charge in [0.1, 0.15) is 5.75 Å². The maximum absolute atomic E-state index is 10.9. The number of halogens is 3. The molecule has 0 atom stereocenters. The number of piperazine rings is 1. The number of phenolic OH excluding ortho intramolecular Hbond substituents is 1. The van der Waals surface area contributed by atoms with Crippen molar-refractivity contribution in [3.8, 4) is 5.75 Å². The second-order valence-corrected chi connectivity index (χ2v) is 10.6. The molecule has 1 N–H and O–H groups in total. The molecule has 3 aromatic rings. The Morgan fingerprint density at radius 2 is 1.60 bits per heavy atom. The number of likely N-dealkylation sites (N-methyl/N-ethyl adjacent to an activating group) is 1. The van der Waals surface area contributed by atoms with E-state index in [4.69, 9.17) is 4.99 Å². The molecule has 1 aliphatic carbocycles. The Bertz CT molecular complexity index is 1160. The third-order valence-corrected chi connectivity index (χ3v) is 8.57. The summed E-state index contributed by atoms with van der Waals surface area (Å²) < 4.78 is 3.66. The third-order valence-electron chi connectivity index (χ3n) is 7.36. The fraction of sp³-hybridized carbons (Fsp3) is 0.577. The highest BCUT2D eigenvalue weighted by Gasteiger charge is 2.19. The van der Waals surface area contributed by atoms with Crippen LogP contribution in [0.3, 0.4) is 0 Å². The van der Waals surface area contributed by atoms with Gasteiger partial charge in [0.2, 0.25) is 0 Å². The summed E-state index contributed by atoms with van der Waals surface area (Å²) in [5, 5.41) is 13.0. The van der Waals surface area contributed by atoms with Gasteiger partial charge in [0.05, 0.1) is 16.3 Å². The monoisotopic (exact) mass is 560 g/mol. The van der Waals surface area contributed by atoms with Crippen LogP contribution in [0.25, 0.3) is 21.0 Å². The predicted octanol–water partition coefficient (Wildman–Crippen LogP) is 6.01. The minimum absolute atomic E-state index is 0. The number of nitrogens with zero attached hydrogens (tertiary/aromatic N) is 4. The SMILES string of the molecule is Cc1c(O)c2ccccc2c2c1sc(=NC1CCCCC1)n2CCCN1CCN(C)CC1.Cl.Cl.Cl. The van der Waals surface area contributed by atoms with Crippen molar-refractivity contribution >= 4 is 69.5 Å². The average Bonchev–Trinajstić information content (AvgIpc) is 3.18. The molecule has 2 aromatic carbocycles. The molecule has 2 aliphatic rings. The van der Waals surface area contributed by atoms with E-state index in [2.05, 4.69) is 40.5 Å². The van der Waals surface area contributed by atoms with Crippen LogP contribution in [-0.2, 0) is 6.54 Å². The number of aromatic hydroxyl groups is 1. The molecule has 1 aliphatic heterocycles. The molecule has 2 fully saturated rings. The topological polar surface area (TPSA) is 44.0 Å². The Morgan fingerprint density at radius 3 is 2.29 bits per heavy atom. The van der Waals surface area contributed by atoms with Gasteiger partial charge in [0.15, 0.2) is 4.80 Å². The van der Waals surface area contributed by atoms with Crippen LogP contribution in [0.15, 0.2) is 29.3 Å². The van der Waals surface area contributed by atoms with Gasteiger partial charge in [-0.15, -0.1) is 37.2 Å². The second kappa shape index (κ2) is 13.5. The van der Waals surface area contributed by atoms with Crippen LogP contribution >= 0.6 is 48.6 Å². The summed E-state index contributed by atoms with van der Waals surface area (Å²) in [4.78, 5) is 11.4. The van der Waals surface area contributed by atoms with Crippen LogP contribution in [0.4, 0.5) is 0 Å².